The highest BCUT2D eigenvalue weighted by molar-refractivity contribution is 5.24. The van der Waals surface area contributed by atoms with E-state index in [1.165, 1.54) is 16.7 Å². The predicted molar refractivity (Wildman–Crippen MR) is 85.4 cm³/mol. The minimum Gasteiger partial charge on any atom is -0.379 e. The Hall–Kier alpha value is -1.58. The van der Waals surface area contributed by atoms with Gasteiger partial charge in [-0.15, -0.1) is 0 Å². The van der Waals surface area contributed by atoms with E-state index >= 15 is 0 Å². The van der Waals surface area contributed by atoms with Gasteiger partial charge in [0.05, 0.1) is 13.2 Å². The van der Waals surface area contributed by atoms with Crippen molar-refractivity contribution in [2.24, 2.45) is 0 Å². The van der Waals surface area contributed by atoms with E-state index in [1.807, 2.05) is 6.20 Å². The standard InChI is InChI=1S/C18H24N2O/c1-15-2-5-17(6-3-15)18(20-10-12-21-13-11-20)7-4-16-8-9-19-14-16/h2-3,5-6,8-9,14,18-19H,4,7,10-13H2,1H3. The Balaban J connectivity index is 1.74. The molecule has 1 aromatic carbocycles. The summed E-state index contributed by atoms with van der Waals surface area (Å²) in [5, 5.41) is 0. The third-order valence-electron chi connectivity index (χ3n) is 4.32. The fourth-order valence-electron chi connectivity index (χ4n) is 3.06. The maximum absolute atomic E-state index is 5.51. The molecular weight excluding hydrogens is 260 g/mol. The van der Waals surface area contributed by atoms with Gasteiger partial charge in [0.15, 0.2) is 0 Å². The van der Waals surface area contributed by atoms with Gasteiger partial charge < -0.3 is 9.72 Å². The number of nitrogens with one attached hydrogen (secondary N) is 1. The number of hydrogen-bond acceptors (Lipinski definition) is 2. The van der Waals surface area contributed by atoms with Gasteiger partial charge in [0.2, 0.25) is 0 Å². The lowest BCUT2D eigenvalue weighted by Gasteiger charge is -2.35. The fraction of sp³-hybridized carbons (Fsp3) is 0.444. The monoisotopic (exact) mass is 284 g/mol. The van der Waals surface area contributed by atoms with Crippen LogP contribution in [-0.2, 0) is 11.2 Å². The van der Waals surface area contributed by atoms with Crippen molar-refractivity contribution < 1.29 is 4.74 Å². The number of ether oxygens (including phenoxy) is 1. The maximum atomic E-state index is 5.51. The molecule has 1 unspecified atom stereocenters. The van der Waals surface area contributed by atoms with Crippen LogP contribution in [0, 0.1) is 6.92 Å². The summed E-state index contributed by atoms with van der Waals surface area (Å²) in [6, 6.07) is 11.7. The summed E-state index contributed by atoms with van der Waals surface area (Å²) >= 11 is 0. The highest BCUT2D eigenvalue weighted by Gasteiger charge is 2.22. The number of rotatable bonds is 5. The molecule has 1 fully saturated rings. The number of aromatic nitrogens is 1. The van der Waals surface area contributed by atoms with E-state index in [4.69, 9.17) is 4.74 Å². The largest absolute Gasteiger partial charge is 0.379 e. The molecule has 2 heterocycles. The zero-order valence-electron chi connectivity index (χ0n) is 12.7. The maximum Gasteiger partial charge on any atom is 0.0594 e. The van der Waals surface area contributed by atoms with E-state index in [-0.39, 0.29) is 0 Å². The number of nitrogens with zero attached hydrogens (tertiary/aromatic N) is 1. The van der Waals surface area contributed by atoms with E-state index in [0.29, 0.717) is 6.04 Å². The van der Waals surface area contributed by atoms with Crippen LogP contribution < -0.4 is 0 Å². The van der Waals surface area contributed by atoms with Crippen LogP contribution in [0.1, 0.15) is 29.2 Å². The van der Waals surface area contributed by atoms with Gasteiger partial charge in [-0.25, -0.2) is 0 Å². The van der Waals surface area contributed by atoms with Crippen LogP contribution in [0.25, 0.3) is 0 Å². The molecular formula is C18H24N2O. The molecule has 0 amide bonds. The number of aryl methyl sites for hydroxylation is 2. The van der Waals surface area contributed by atoms with Crippen molar-refractivity contribution in [1.82, 2.24) is 9.88 Å². The first-order chi connectivity index (χ1) is 10.3. The number of morpholine rings is 1. The molecule has 2 aromatic rings. The lowest BCUT2D eigenvalue weighted by Crippen LogP contribution is -2.39. The van der Waals surface area contributed by atoms with Gasteiger partial charge in [0.1, 0.15) is 0 Å². The molecule has 1 aliphatic rings. The number of aromatic amines is 1. The quantitative estimate of drug-likeness (QED) is 0.912. The summed E-state index contributed by atoms with van der Waals surface area (Å²) in [5.74, 6) is 0. The second-order valence-corrected chi connectivity index (χ2v) is 5.83. The minimum absolute atomic E-state index is 0.490. The minimum atomic E-state index is 0.490. The van der Waals surface area contributed by atoms with Crippen molar-refractivity contribution in [1.29, 1.82) is 0 Å². The molecule has 3 nitrogen and oxygen atoms in total. The molecule has 0 saturated carbocycles. The van der Waals surface area contributed by atoms with E-state index in [9.17, 15) is 0 Å². The Morgan fingerprint density at radius 3 is 2.57 bits per heavy atom. The molecule has 3 rings (SSSR count). The Labute approximate surface area is 126 Å². The van der Waals surface area contributed by atoms with Crippen LogP contribution in [0.15, 0.2) is 42.7 Å². The second kappa shape index (κ2) is 6.92. The molecule has 0 aliphatic carbocycles. The van der Waals surface area contributed by atoms with Crippen LogP contribution in [0.2, 0.25) is 0 Å². The lowest BCUT2D eigenvalue weighted by molar-refractivity contribution is 0.0143. The van der Waals surface area contributed by atoms with Gasteiger partial charge in [-0.1, -0.05) is 29.8 Å². The summed E-state index contributed by atoms with van der Waals surface area (Å²) in [4.78, 5) is 5.72. The van der Waals surface area contributed by atoms with Crippen LogP contribution >= 0.6 is 0 Å². The molecule has 112 valence electrons. The first-order valence-electron chi connectivity index (χ1n) is 7.83. The first kappa shape index (κ1) is 14.4. The smallest absolute Gasteiger partial charge is 0.0594 e. The summed E-state index contributed by atoms with van der Waals surface area (Å²) in [6.07, 6.45) is 6.37. The molecule has 1 aromatic heterocycles. The third kappa shape index (κ3) is 3.74. The Kier molecular flexibility index (Phi) is 4.73. The van der Waals surface area contributed by atoms with Crippen LogP contribution in [0.5, 0.6) is 0 Å². The van der Waals surface area contributed by atoms with Gasteiger partial charge in [0.25, 0.3) is 0 Å². The molecule has 0 radical (unpaired) electrons. The topological polar surface area (TPSA) is 28.3 Å². The lowest BCUT2D eigenvalue weighted by atomic mass is 9.97. The van der Waals surface area contributed by atoms with Gasteiger partial charge >= 0.3 is 0 Å². The molecule has 0 bridgehead atoms. The zero-order chi connectivity index (χ0) is 14.5. The van der Waals surface area contributed by atoms with E-state index in [0.717, 1.165) is 39.1 Å². The second-order valence-electron chi connectivity index (χ2n) is 5.83. The average molecular weight is 284 g/mol. The van der Waals surface area contributed by atoms with Crippen LogP contribution in [-0.4, -0.2) is 36.2 Å². The molecule has 1 atom stereocenters. The van der Waals surface area contributed by atoms with Gasteiger partial charge in [0, 0.05) is 31.5 Å². The number of hydrogen-bond donors (Lipinski definition) is 1. The van der Waals surface area contributed by atoms with Crippen molar-refractivity contribution >= 4 is 0 Å². The third-order valence-corrected chi connectivity index (χ3v) is 4.32. The van der Waals surface area contributed by atoms with Crippen molar-refractivity contribution in [2.45, 2.75) is 25.8 Å². The highest BCUT2D eigenvalue weighted by atomic mass is 16.5. The molecule has 0 spiro atoms. The summed E-state index contributed by atoms with van der Waals surface area (Å²) < 4.78 is 5.51. The van der Waals surface area contributed by atoms with Crippen LogP contribution in [0.4, 0.5) is 0 Å². The van der Waals surface area contributed by atoms with Gasteiger partial charge in [-0.05, 0) is 37.0 Å². The molecule has 1 N–H and O–H groups in total. The van der Waals surface area contributed by atoms with Crippen molar-refractivity contribution in [2.75, 3.05) is 26.3 Å². The summed E-state index contributed by atoms with van der Waals surface area (Å²) in [6.45, 7) is 5.92. The average Bonchev–Trinajstić information content (AvgIpc) is 3.04. The zero-order valence-corrected chi connectivity index (χ0v) is 12.7. The van der Waals surface area contributed by atoms with E-state index in [2.05, 4.69) is 53.3 Å². The van der Waals surface area contributed by atoms with Gasteiger partial charge in [-0.3, -0.25) is 4.90 Å². The Morgan fingerprint density at radius 2 is 1.90 bits per heavy atom. The van der Waals surface area contributed by atoms with E-state index < -0.39 is 0 Å². The molecule has 3 heteroatoms. The van der Waals surface area contributed by atoms with Crippen LogP contribution in [0.3, 0.4) is 0 Å². The van der Waals surface area contributed by atoms with Crippen molar-refractivity contribution in [3.8, 4) is 0 Å². The normalized spacial score (nSPS) is 17.8. The SMILES string of the molecule is Cc1ccc(C(CCc2cc[nH]c2)N2CCOCC2)cc1. The molecule has 1 saturated heterocycles. The summed E-state index contributed by atoms with van der Waals surface area (Å²) in [5.41, 5.74) is 4.14. The Bertz CT molecular complexity index is 527. The first-order valence-corrected chi connectivity index (χ1v) is 7.83. The number of H-pyrrole nitrogens is 1. The molecule has 21 heavy (non-hydrogen) atoms. The predicted octanol–water partition coefficient (Wildman–Crippen LogP) is 3.33. The fourth-order valence-corrected chi connectivity index (χ4v) is 3.06. The van der Waals surface area contributed by atoms with Gasteiger partial charge in [-0.2, -0.15) is 0 Å². The molecule has 1 aliphatic heterocycles. The van der Waals surface area contributed by atoms with Crippen molar-refractivity contribution in [3.05, 3.63) is 59.4 Å². The Morgan fingerprint density at radius 1 is 1.14 bits per heavy atom. The summed E-state index contributed by atoms with van der Waals surface area (Å²) in [7, 11) is 0. The highest BCUT2D eigenvalue weighted by Crippen LogP contribution is 2.27. The number of benzene rings is 1. The van der Waals surface area contributed by atoms with E-state index in [1.54, 1.807) is 0 Å². The van der Waals surface area contributed by atoms with Crippen molar-refractivity contribution in [3.63, 3.8) is 0 Å².